The van der Waals surface area contributed by atoms with E-state index in [9.17, 15) is 18.0 Å². The van der Waals surface area contributed by atoms with Crippen molar-refractivity contribution in [3.8, 4) is 16.9 Å². The third-order valence-corrected chi connectivity index (χ3v) is 3.23. The Labute approximate surface area is 131 Å². The second-order valence-corrected chi connectivity index (χ2v) is 4.91. The molecule has 2 aromatic rings. The summed E-state index contributed by atoms with van der Waals surface area (Å²) in [5, 5.41) is 8.72. The molecule has 3 nitrogen and oxygen atoms in total. The lowest BCUT2D eigenvalue weighted by atomic mass is 10.00. The topological polar surface area (TPSA) is 46.5 Å². The van der Waals surface area contributed by atoms with Crippen molar-refractivity contribution in [2.24, 2.45) is 0 Å². The van der Waals surface area contributed by atoms with Gasteiger partial charge in [-0.3, -0.25) is 4.79 Å². The molecule has 0 spiro atoms. The van der Waals surface area contributed by atoms with E-state index in [4.69, 9.17) is 9.84 Å². The molecule has 0 aliphatic carbocycles. The van der Waals surface area contributed by atoms with Crippen LogP contribution in [0.2, 0.25) is 0 Å². The molecule has 2 rings (SSSR count). The molecule has 0 unspecified atom stereocenters. The van der Waals surface area contributed by atoms with Crippen molar-refractivity contribution in [1.82, 2.24) is 0 Å². The number of hydrogen-bond donors (Lipinski definition) is 1. The van der Waals surface area contributed by atoms with Gasteiger partial charge in [-0.25, -0.2) is 0 Å². The van der Waals surface area contributed by atoms with Crippen LogP contribution in [0.25, 0.3) is 11.1 Å². The highest BCUT2D eigenvalue weighted by atomic mass is 19.4. The summed E-state index contributed by atoms with van der Waals surface area (Å²) in [7, 11) is 0. The lowest BCUT2D eigenvalue weighted by molar-refractivity contribution is -0.139. The molecule has 0 aromatic heterocycles. The van der Waals surface area contributed by atoms with Gasteiger partial charge in [-0.1, -0.05) is 30.3 Å². The minimum absolute atomic E-state index is 0.128. The monoisotopic (exact) mass is 324 g/mol. The fraction of sp³-hybridized carbons (Fsp3) is 0.235. The van der Waals surface area contributed by atoms with E-state index < -0.39 is 17.7 Å². The molecule has 0 aliphatic rings. The van der Waals surface area contributed by atoms with Crippen LogP contribution in [0.15, 0.2) is 42.5 Å². The molecule has 1 N–H and O–H groups in total. The molecule has 0 saturated heterocycles. The molecule has 23 heavy (non-hydrogen) atoms. The van der Waals surface area contributed by atoms with Crippen LogP contribution in [0.4, 0.5) is 13.2 Å². The summed E-state index contributed by atoms with van der Waals surface area (Å²) in [6, 6.07) is 10.3. The number of carboxylic acids is 1. The quantitative estimate of drug-likeness (QED) is 0.887. The average Bonchev–Trinajstić information content (AvgIpc) is 2.47. The van der Waals surface area contributed by atoms with Gasteiger partial charge in [-0.2, -0.15) is 13.2 Å². The number of halogens is 3. The highest BCUT2D eigenvalue weighted by Crippen LogP contribution is 2.38. The second kappa shape index (κ2) is 6.73. The van der Waals surface area contributed by atoms with Gasteiger partial charge < -0.3 is 9.84 Å². The molecule has 0 atom stereocenters. The maximum atomic E-state index is 13.1. The van der Waals surface area contributed by atoms with Crippen LogP contribution < -0.4 is 4.74 Å². The van der Waals surface area contributed by atoms with Gasteiger partial charge in [0, 0.05) is 0 Å². The third kappa shape index (κ3) is 4.25. The van der Waals surface area contributed by atoms with Crippen molar-refractivity contribution < 1.29 is 27.8 Å². The minimum atomic E-state index is -4.51. The maximum Gasteiger partial charge on any atom is 0.419 e. The smallest absolute Gasteiger partial charge is 0.419 e. The van der Waals surface area contributed by atoms with Crippen LogP contribution in [-0.2, 0) is 17.4 Å². The van der Waals surface area contributed by atoms with E-state index in [1.165, 1.54) is 6.07 Å². The van der Waals surface area contributed by atoms with Gasteiger partial charge in [-0.15, -0.1) is 0 Å². The van der Waals surface area contributed by atoms with Gasteiger partial charge in [0.25, 0.3) is 0 Å². The molecular formula is C17H15F3O3. The second-order valence-electron chi connectivity index (χ2n) is 4.91. The zero-order chi connectivity index (χ0) is 17.0. The SMILES string of the molecule is CCOc1ccc(-c2ccc(CC(=O)O)cc2)cc1C(F)(F)F. The fourth-order valence-electron chi connectivity index (χ4n) is 2.20. The summed E-state index contributed by atoms with van der Waals surface area (Å²) in [5.74, 6) is -1.16. The van der Waals surface area contributed by atoms with E-state index in [-0.39, 0.29) is 18.8 Å². The first kappa shape index (κ1) is 16.9. The first-order valence-corrected chi connectivity index (χ1v) is 6.96. The number of carbonyl (C=O) groups is 1. The number of benzene rings is 2. The van der Waals surface area contributed by atoms with Crippen molar-refractivity contribution >= 4 is 5.97 Å². The van der Waals surface area contributed by atoms with E-state index in [0.29, 0.717) is 16.7 Å². The predicted octanol–water partition coefficient (Wildman–Crippen LogP) is 4.40. The van der Waals surface area contributed by atoms with Crippen molar-refractivity contribution in [2.45, 2.75) is 19.5 Å². The Kier molecular flexibility index (Phi) is 4.93. The Morgan fingerprint density at radius 3 is 2.22 bits per heavy atom. The van der Waals surface area contributed by atoms with Crippen molar-refractivity contribution in [3.63, 3.8) is 0 Å². The molecule has 0 aliphatic heterocycles. The summed E-state index contributed by atoms with van der Waals surface area (Å²) < 4.78 is 44.4. The molecule has 122 valence electrons. The number of ether oxygens (including phenoxy) is 1. The Bertz CT molecular complexity index is 691. The molecular weight excluding hydrogens is 309 g/mol. The Hall–Kier alpha value is -2.50. The van der Waals surface area contributed by atoms with E-state index in [1.54, 1.807) is 37.3 Å². The van der Waals surface area contributed by atoms with E-state index in [0.717, 1.165) is 6.07 Å². The third-order valence-electron chi connectivity index (χ3n) is 3.23. The average molecular weight is 324 g/mol. The van der Waals surface area contributed by atoms with E-state index in [1.807, 2.05) is 0 Å². The first-order chi connectivity index (χ1) is 10.8. The summed E-state index contributed by atoms with van der Waals surface area (Å²) in [6.07, 6.45) is -4.64. The molecule has 0 amide bonds. The van der Waals surface area contributed by atoms with Gasteiger partial charge >= 0.3 is 12.1 Å². The van der Waals surface area contributed by atoms with Gasteiger partial charge in [0.05, 0.1) is 18.6 Å². The predicted molar refractivity (Wildman–Crippen MR) is 79.4 cm³/mol. The highest BCUT2D eigenvalue weighted by molar-refractivity contribution is 5.71. The molecule has 2 aromatic carbocycles. The zero-order valence-electron chi connectivity index (χ0n) is 12.4. The highest BCUT2D eigenvalue weighted by Gasteiger charge is 2.34. The molecule has 6 heteroatoms. The Morgan fingerprint density at radius 2 is 1.70 bits per heavy atom. The fourth-order valence-corrected chi connectivity index (χ4v) is 2.20. The zero-order valence-corrected chi connectivity index (χ0v) is 12.4. The van der Waals surface area contributed by atoms with Gasteiger partial charge in [0.1, 0.15) is 5.75 Å². The van der Waals surface area contributed by atoms with Crippen LogP contribution in [0.5, 0.6) is 5.75 Å². The maximum absolute atomic E-state index is 13.1. The summed E-state index contributed by atoms with van der Waals surface area (Å²) >= 11 is 0. The standard InChI is InChI=1S/C17H15F3O3/c1-2-23-15-8-7-13(10-14(15)17(18,19)20)12-5-3-11(4-6-12)9-16(21)22/h3-8,10H,2,9H2,1H3,(H,21,22). The Balaban J connectivity index is 2.38. The minimum Gasteiger partial charge on any atom is -0.493 e. The van der Waals surface area contributed by atoms with E-state index >= 15 is 0 Å². The normalized spacial score (nSPS) is 11.3. The van der Waals surface area contributed by atoms with Gasteiger partial charge in [0.15, 0.2) is 0 Å². The van der Waals surface area contributed by atoms with Crippen LogP contribution in [-0.4, -0.2) is 17.7 Å². The molecule has 0 bridgehead atoms. The first-order valence-electron chi connectivity index (χ1n) is 6.96. The molecule has 0 fully saturated rings. The van der Waals surface area contributed by atoms with Crippen LogP contribution >= 0.6 is 0 Å². The van der Waals surface area contributed by atoms with Crippen molar-refractivity contribution in [3.05, 3.63) is 53.6 Å². The number of hydrogen-bond acceptors (Lipinski definition) is 2. The lowest BCUT2D eigenvalue weighted by Gasteiger charge is -2.15. The number of alkyl halides is 3. The summed E-state index contributed by atoms with van der Waals surface area (Å²) in [5.41, 5.74) is 0.727. The van der Waals surface area contributed by atoms with Crippen LogP contribution in [0.1, 0.15) is 18.1 Å². The Morgan fingerprint density at radius 1 is 1.09 bits per heavy atom. The number of rotatable bonds is 5. The number of aliphatic carboxylic acids is 1. The molecule has 0 heterocycles. The molecule has 0 radical (unpaired) electrons. The number of carboxylic acid groups (broad SMARTS) is 1. The van der Waals surface area contributed by atoms with Gasteiger partial charge in [-0.05, 0) is 35.7 Å². The van der Waals surface area contributed by atoms with Crippen LogP contribution in [0.3, 0.4) is 0 Å². The summed E-state index contributed by atoms with van der Waals surface area (Å²) in [6.45, 7) is 1.77. The molecule has 0 saturated carbocycles. The lowest BCUT2D eigenvalue weighted by Crippen LogP contribution is -2.09. The van der Waals surface area contributed by atoms with Crippen molar-refractivity contribution in [1.29, 1.82) is 0 Å². The van der Waals surface area contributed by atoms with Crippen molar-refractivity contribution in [2.75, 3.05) is 6.61 Å². The largest absolute Gasteiger partial charge is 0.493 e. The van der Waals surface area contributed by atoms with Gasteiger partial charge in [0.2, 0.25) is 0 Å². The van der Waals surface area contributed by atoms with Crippen LogP contribution in [0, 0.1) is 0 Å². The summed E-state index contributed by atoms with van der Waals surface area (Å²) in [4.78, 5) is 10.6. The van der Waals surface area contributed by atoms with E-state index in [2.05, 4.69) is 0 Å².